The quantitative estimate of drug-likeness (QED) is 0.426. The van der Waals surface area contributed by atoms with E-state index in [1.54, 1.807) is 29.9 Å². The first-order valence-corrected chi connectivity index (χ1v) is 12.9. The third-order valence-electron chi connectivity index (χ3n) is 7.42. The van der Waals surface area contributed by atoms with Gasteiger partial charge in [-0.15, -0.1) is 0 Å². The van der Waals surface area contributed by atoms with Gasteiger partial charge in [-0.1, -0.05) is 36.8 Å². The van der Waals surface area contributed by atoms with Crippen molar-refractivity contribution in [3.05, 3.63) is 84.0 Å². The van der Waals surface area contributed by atoms with Crippen molar-refractivity contribution in [1.29, 1.82) is 0 Å². The van der Waals surface area contributed by atoms with Crippen LogP contribution in [0, 0.1) is 18.7 Å². The first kappa shape index (κ1) is 23.5. The van der Waals surface area contributed by atoms with Gasteiger partial charge in [0.15, 0.2) is 23.0 Å². The molecule has 37 heavy (non-hydrogen) atoms. The Balaban J connectivity index is 1.15. The molecular weight excluding hydrogens is 469 g/mol. The van der Waals surface area contributed by atoms with E-state index >= 15 is 0 Å². The summed E-state index contributed by atoms with van der Waals surface area (Å²) in [6.07, 6.45) is 10.2. The van der Waals surface area contributed by atoms with E-state index in [2.05, 4.69) is 60.4 Å². The zero-order valence-electron chi connectivity index (χ0n) is 20.8. The number of rotatable bonds is 6. The number of nitrogens with zero attached hydrogens (tertiary/aromatic N) is 6. The van der Waals surface area contributed by atoms with Gasteiger partial charge in [-0.3, -0.25) is 9.69 Å². The molecule has 0 aliphatic carbocycles. The maximum absolute atomic E-state index is 14.5. The summed E-state index contributed by atoms with van der Waals surface area (Å²) in [6.45, 7) is 5.56. The first-order valence-electron chi connectivity index (χ1n) is 12.9. The van der Waals surface area contributed by atoms with Crippen molar-refractivity contribution in [3.63, 3.8) is 0 Å². The lowest BCUT2D eigenvalue weighted by molar-refractivity contribution is 0.0786. The molecule has 0 radical (unpaired) electrons. The summed E-state index contributed by atoms with van der Waals surface area (Å²) >= 11 is 0. The Morgan fingerprint density at radius 3 is 2.76 bits per heavy atom. The molecule has 3 aromatic heterocycles. The van der Waals surface area contributed by atoms with Gasteiger partial charge >= 0.3 is 0 Å². The molecule has 2 saturated heterocycles. The number of carbonyl (C=O) groups excluding carboxylic acids is 1. The molecule has 2 aliphatic rings. The molecule has 1 amide bonds. The standard InChI is InChI=1S/C28H30FN7O/c1-19-14-35-18-22(13-23(29)26(35)32-19)33-28(37)25-27(31-11-10-30-25)36-16-21(17-36)24-9-5-6-12-34(24)15-20-7-3-2-4-8-20/h2-4,7-8,10-11,13-14,18,21,24H,5-6,9,12,15-17H2,1H3,(H,33,37). The second kappa shape index (κ2) is 9.89. The number of aryl methyl sites for hydroxylation is 1. The fraction of sp³-hybridized carbons (Fsp3) is 0.357. The number of likely N-dealkylation sites (tertiary alicyclic amines) is 1. The molecule has 1 atom stereocenters. The van der Waals surface area contributed by atoms with Gasteiger partial charge in [0.2, 0.25) is 0 Å². The number of nitrogens with one attached hydrogen (secondary N) is 1. The number of amides is 1. The molecular formula is C28H30FN7O. The number of piperidine rings is 1. The topological polar surface area (TPSA) is 78.7 Å². The number of pyridine rings is 1. The number of carbonyl (C=O) groups is 1. The smallest absolute Gasteiger partial charge is 0.278 e. The summed E-state index contributed by atoms with van der Waals surface area (Å²) in [5, 5.41) is 2.79. The Hall–Kier alpha value is -3.85. The molecule has 2 fully saturated rings. The highest BCUT2D eigenvalue weighted by molar-refractivity contribution is 6.06. The van der Waals surface area contributed by atoms with Crippen LogP contribution in [0.15, 0.2) is 61.2 Å². The Labute approximate surface area is 215 Å². The van der Waals surface area contributed by atoms with E-state index < -0.39 is 11.7 Å². The molecule has 4 aromatic rings. The van der Waals surface area contributed by atoms with Crippen molar-refractivity contribution < 1.29 is 9.18 Å². The minimum Gasteiger partial charge on any atom is -0.354 e. The highest BCUT2D eigenvalue weighted by Crippen LogP contribution is 2.34. The largest absolute Gasteiger partial charge is 0.354 e. The summed E-state index contributed by atoms with van der Waals surface area (Å²) in [7, 11) is 0. The monoisotopic (exact) mass is 499 g/mol. The van der Waals surface area contributed by atoms with Crippen molar-refractivity contribution in [2.75, 3.05) is 29.9 Å². The minimum atomic E-state index is -0.497. The fourth-order valence-electron chi connectivity index (χ4n) is 5.65. The SMILES string of the molecule is Cc1cn2cc(NC(=O)c3nccnc3N3CC(C4CCCCN4Cc4ccccc4)C3)cc(F)c2n1. The Morgan fingerprint density at radius 1 is 1.11 bits per heavy atom. The lowest BCUT2D eigenvalue weighted by atomic mass is 9.84. The third-order valence-corrected chi connectivity index (χ3v) is 7.42. The number of anilines is 2. The number of hydrogen-bond acceptors (Lipinski definition) is 6. The summed E-state index contributed by atoms with van der Waals surface area (Å²) in [5.41, 5.74) is 2.86. The number of aromatic nitrogens is 4. The maximum Gasteiger partial charge on any atom is 0.278 e. The molecule has 1 N–H and O–H groups in total. The van der Waals surface area contributed by atoms with Crippen LogP contribution in [0.1, 0.15) is 41.0 Å². The van der Waals surface area contributed by atoms with Crippen molar-refractivity contribution in [2.45, 2.75) is 38.8 Å². The zero-order valence-corrected chi connectivity index (χ0v) is 20.8. The molecule has 1 unspecified atom stereocenters. The van der Waals surface area contributed by atoms with Gasteiger partial charge < -0.3 is 14.6 Å². The van der Waals surface area contributed by atoms with Crippen LogP contribution in [0.4, 0.5) is 15.9 Å². The lowest BCUT2D eigenvalue weighted by Crippen LogP contribution is -2.58. The van der Waals surface area contributed by atoms with Crippen LogP contribution in [0.25, 0.3) is 5.65 Å². The molecule has 8 nitrogen and oxygen atoms in total. The molecule has 0 bridgehead atoms. The van der Waals surface area contributed by atoms with Gasteiger partial charge in [0.05, 0.1) is 11.4 Å². The van der Waals surface area contributed by atoms with E-state index in [4.69, 9.17) is 0 Å². The molecule has 190 valence electrons. The first-order chi connectivity index (χ1) is 18.0. The summed E-state index contributed by atoms with van der Waals surface area (Å²) in [5.74, 6) is 0.179. The number of benzene rings is 1. The van der Waals surface area contributed by atoms with Crippen LogP contribution in [0.5, 0.6) is 0 Å². The molecule has 0 saturated carbocycles. The minimum absolute atomic E-state index is 0.228. The highest BCUT2D eigenvalue weighted by Gasteiger charge is 2.39. The van der Waals surface area contributed by atoms with E-state index in [1.807, 2.05) is 0 Å². The number of fused-ring (bicyclic) bond motifs is 1. The van der Waals surface area contributed by atoms with E-state index in [9.17, 15) is 9.18 Å². The zero-order chi connectivity index (χ0) is 25.4. The van der Waals surface area contributed by atoms with Gasteiger partial charge in [-0.2, -0.15) is 0 Å². The van der Waals surface area contributed by atoms with Gasteiger partial charge in [-0.05, 0) is 31.9 Å². The molecule has 0 spiro atoms. The molecule has 1 aromatic carbocycles. The highest BCUT2D eigenvalue weighted by atomic mass is 19.1. The van der Waals surface area contributed by atoms with E-state index in [0.717, 1.165) is 26.2 Å². The Bertz CT molecular complexity index is 1420. The van der Waals surface area contributed by atoms with Crippen molar-refractivity contribution in [1.82, 2.24) is 24.3 Å². The maximum atomic E-state index is 14.5. The number of imidazole rings is 1. The molecule has 5 heterocycles. The van der Waals surface area contributed by atoms with Crippen molar-refractivity contribution in [2.24, 2.45) is 5.92 Å². The average Bonchev–Trinajstić information content (AvgIpc) is 3.26. The number of hydrogen-bond donors (Lipinski definition) is 1. The van der Waals surface area contributed by atoms with Gasteiger partial charge in [-0.25, -0.2) is 19.3 Å². The van der Waals surface area contributed by atoms with Crippen LogP contribution in [0.2, 0.25) is 0 Å². The van der Waals surface area contributed by atoms with Crippen LogP contribution in [-0.2, 0) is 6.54 Å². The van der Waals surface area contributed by atoms with E-state index in [1.165, 1.54) is 37.1 Å². The Kier molecular flexibility index (Phi) is 6.30. The van der Waals surface area contributed by atoms with Crippen molar-refractivity contribution >= 4 is 23.1 Å². The average molecular weight is 500 g/mol. The van der Waals surface area contributed by atoms with Gasteiger partial charge in [0, 0.05) is 62.4 Å². The van der Waals surface area contributed by atoms with Crippen molar-refractivity contribution in [3.8, 4) is 0 Å². The Morgan fingerprint density at radius 2 is 1.92 bits per heavy atom. The fourth-order valence-corrected chi connectivity index (χ4v) is 5.65. The normalized spacial score (nSPS) is 18.6. The second-order valence-corrected chi connectivity index (χ2v) is 10.1. The molecule has 2 aliphatic heterocycles. The summed E-state index contributed by atoms with van der Waals surface area (Å²) in [6, 6.07) is 12.4. The van der Waals surface area contributed by atoms with E-state index in [0.29, 0.717) is 29.2 Å². The third kappa shape index (κ3) is 4.79. The van der Waals surface area contributed by atoms with E-state index in [-0.39, 0.29) is 11.3 Å². The van der Waals surface area contributed by atoms with Crippen LogP contribution < -0.4 is 10.2 Å². The molecule has 6 rings (SSSR count). The number of halogens is 1. The van der Waals surface area contributed by atoms with Crippen LogP contribution in [-0.4, -0.2) is 55.8 Å². The predicted molar refractivity (Wildman–Crippen MR) is 140 cm³/mol. The lowest BCUT2D eigenvalue weighted by Gasteiger charge is -2.49. The van der Waals surface area contributed by atoms with Crippen LogP contribution in [0.3, 0.4) is 0 Å². The van der Waals surface area contributed by atoms with Gasteiger partial charge in [0.1, 0.15) is 0 Å². The van der Waals surface area contributed by atoms with Gasteiger partial charge in [0.25, 0.3) is 5.91 Å². The predicted octanol–water partition coefficient (Wildman–Crippen LogP) is 4.32. The van der Waals surface area contributed by atoms with Crippen LogP contribution >= 0.6 is 0 Å². The second-order valence-electron chi connectivity index (χ2n) is 10.1. The summed E-state index contributed by atoms with van der Waals surface area (Å²) in [4.78, 5) is 30.9. The summed E-state index contributed by atoms with van der Waals surface area (Å²) < 4.78 is 16.1. The molecule has 9 heteroatoms.